The molecule has 0 aliphatic heterocycles. The summed E-state index contributed by atoms with van der Waals surface area (Å²) in [5, 5.41) is 0.858. The van der Waals surface area contributed by atoms with Gasteiger partial charge in [-0.25, -0.2) is 0 Å². The van der Waals surface area contributed by atoms with E-state index >= 15 is 0 Å². The SMILES string of the molecule is NCCCCCSc1ccccc1Cl. The van der Waals surface area contributed by atoms with Gasteiger partial charge in [0.25, 0.3) is 0 Å². The minimum atomic E-state index is 0.802. The van der Waals surface area contributed by atoms with Gasteiger partial charge in [-0.05, 0) is 37.3 Å². The molecule has 1 aromatic rings. The highest BCUT2D eigenvalue weighted by Crippen LogP contribution is 2.27. The molecule has 1 rings (SSSR count). The lowest BCUT2D eigenvalue weighted by atomic mass is 10.2. The number of halogens is 1. The molecule has 0 spiro atoms. The maximum absolute atomic E-state index is 6.02. The highest BCUT2D eigenvalue weighted by atomic mass is 35.5. The van der Waals surface area contributed by atoms with Gasteiger partial charge in [-0.2, -0.15) is 0 Å². The summed E-state index contributed by atoms with van der Waals surface area (Å²) in [7, 11) is 0. The van der Waals surface area contributed by atoms with Crippen LogP contribution >= 0.6 is 23.4 Å². The molecule has 14 heavy (non-hydrogen) atoms. The van der Waals surface area contributed by atoms with Crippen LogP contribution < -0.4 is 5.73 Å². The van der Waals surface area contributed by atoms with Gasteiger partial charge in [0.2, 0.25) is 0 Å². The average molecular weight is 230 g/mol. The Bertz CT molecular complexity index is 265. The van der Waals surface area contributed by atoms with Crippen LogP contribution in [-0.4, -0.2) is 12.3 Å². The molecule has 0 saturated carbocycles. The maximum atomic E-state index is 6.02. The van der Waals surface area contributed by atoms with E-state index in [4.69, 9.17) is 17.3 Å². The van der Waals surface area contributed by atoms with Crippen LogP contribution in [0.1, 0.15) is 19.3 Å². The fraction of sp³-hybridized carbons (Fsp3) is 0.455. The van der Waals surface area contributed by atoms with Crippen molar-refractivity contribution in [2.45, 2.75) is 24.2 Å². The molecular weight excluding hydrogens is 214 g/mol. The van der Waals surface area contributed by atoms with E-state index in [1.807, 2.05) is 30.0 Å². The van der Waals surface area contributed by atoms with Gasteiger partial charge in [-0.15, -0.1) is 11.8 Å². The van der Waals surface area contributed by atoms with E-state index in [-0.39, 0.29) is 0 Å². The summed E-state index contributed by atoms with van der Waals surface area (Å²) >= 11 is 7.85. The fourth-order valence-corrected chi connectivity index (χ4v) is 2.42. The summed E-state index contributed by atoms with van der Waals surface area (Å²) < 4.78 is 0. The number of benzene rings is 1. The summed E-state index contributed by atoms with van der Waals surface area (Å²) in [6.45, 7) is 0.802. The van der Waals surface area contributed by atoms with Crippen molar-refractivity contribution in [2.24, 2.45) is 5.73 Å². The first-order valence-corrected chi connectivity index (χ1v) is 6.28. The third-order valence-corrected chi connectivity index (χ3v) is 3.54. The Morgan fingerprint density at radius 1 is 1.14 bits per heavy atom. The zero-order chi connectivity index (χ0) is 10.2. The first-order valence-electron chi connectivity index (χ1n) is 4.92. The van der Waals surface area contributed by atoms with E-state index in [0.717, 1.165) is 23.7 Å². The minimum Gasteiger partial charge on any atom is -0.330 e. The number of hydrogen-bond donors (Lipinski definition) is 1. The van der Waals surface area contributed by atoms with Crippen LogP contribution in [-0.2, 0) is 0 Å². The van der Waals surface area contributed by atoms with Gasteiger partial charge in [-0.3, -0.25) is 0 Å². The second-order valence-electron chi connectivity index (χ2n) is 3.13. The fourth-order valence-electron chi connectivity index (χ4n) is 1.17. The zero-order valence-electron chi connectivity index (χ0n) is 8.21. The van der Waals surface area contributed by atoms with E-state index in [1.54, 1.807) is 0 Å². The number of hydrogen-bond acceptors (Lipinski definition) is 2. The molecule has 0 fully saturated rings. The second-order valence-corrected chi connectivity index (χ2v) is 4.67. The summed E-state index contributed by atoms with van der Waals surface area (Å²) in [5.74, 6) is 1.13. The van der Waals surface area contributed by atoms with E-state index < -0.39 is 0 Å². The smallest absolute Gasteiger partial charge is 0.0541 e. The van der Waals surface area contributed by atoms with Gasteiger partial charge >= 0.3 is 0 Å². The monoisotopic (exact) mass is 229 g/mol. The molecule has 0 heterocycles. The second kappa shape index (κ2) is 7.16. The molecule has 0 radical (unpaired) electrons. The van der Waals surface area contributed by atoms with Gasteiger partial charge in [0.05, 0.1) is 5.02 Å². The minimum absolute atomic E-state index is 0.802. The predicted molar refractivity (Wildman–Crippen MR) is 65.1 cm³/mol. The Morgan fingerprint density at radius 3 is 2.64 bits per heavy atom. The van der Waals surface area contributed by atoms with Crippen molar-refractivity contribution in [3.63, 3.8) is 0 Å². The zero-order valence-corrected chi connectivity index (χ0v) is 9.78. The Hall–Kier alpha value is -0.180. The van der Waals surface area contributed by atoms with E-state index in [9.17, 15) is 0 Å². The first-order chi connectivity index (χ1) is 6.84. The Labute approximate surface area is 95.0 Å². The van der Waals surface area contributed by atoms with Crippen LogP contribution in [0.25, 0.3) is 0 Å². The molecule has 0 saturated heterocycles. The predicted octanol–water partition coefficient (Wildman–Crippen LogP) is 3.56. The van der Waals surface area contributed by atoms with Gasteiger partial charge in [-0.1, -0.05) is 30.2 Å². The number of nitrogens with two attached hydrogens (primary N) is 1. The van der Waals surface area contributed by atoms with Crippen molar-refractivity contribution in [1.82, 2.24) is 0 Å². The summed E-state index contributed by atoms with van der Waals surface area (Å²) in [5.41, 5.74) is 5.42. The lowest BCUT2D eigenvalue weighted by Gasteiger charge is -2.03. The molecule has 1 aromatic carbocycles. The third kappa shape index (κ3) is 4.36. The van der Waals surface area contributed by atoms with Gasteiger partial charge < -0.3 is 5.73 Å². The summed E-state index contributed by atoms with van der Waals surface area (Å²) in [6.07, 6.45) is 3.56. The molecule has 0 bridgehead atoms. The van der Waals surface area contributed by atoms with Gasteiger partial charge in [0.15, 0.2) is 0 Å². The molecular formula is C11H16ClNS. The molecule has 0 aliphatic carbocycles. The molecule has 1 nitrogen and oxygen atoms in total. The third-order valence-electron chi connectivity index (χ3n) is 1.94. The van der Waals surface area contributed by atoms with Crippen molar-refractivity contribution in [2.75, 3.05) is 12.3 Å². The largest absolute Gasteiger partial charge is 0.330 e. The summed E-state index contributed by atoms with van der Waals surface area (Å²) in [4.78, 5) is 1.18. The van der Waals surface area contributed by atoms with Crippen LogP contribution in [0.3, 0.4) is 0 Å². The molecule has 0 aromatic heterocycles. The molecule has 0 aliphatic rings. The van der Waals surface area contributed by atoms with E-state index in [2.05, 4.69) is 6.07 Å². The van der Waals surface area contributed by atoms with E-state index in [1.165, 1.54) is 17.7 Å². The lowest BCUT2D eigenvalue weighted by Crippen LogP contribution is -1.97. The van der Waals surface area contributed by atoms with Crippen LogP contribution in [0, 0.1) is 0 Å². The normalized spacial score (nSPS) is 10.4. The Morgan fingerprint density at radius 2 is 1.93 bits per heavy atom. The lowest BCUT2D eigenvalue weighted by molar-refractivity contribution is 0.732. The molecule has 3 heteroatoms. The number of thioether (sulfide) groups is 1. The average Bonchev–Trinajstić information content (AvgIpc) is 2.20. The highest BCUT2D eigenvalue weighted by molar-refractivity contribution is 7.99. The number of unbranched alkanes of at least 4 members (excludes halogenated alkanes) is 2. The molecule has 0 atom stereocenters. The molecule has 0 unspecified atom stereocenters. The molecule has 2 N–H and O–H groups in total. The van der Waals surface area contributed by atoms with Crippen LogP contribution in [0.4, 0.5) is 0 Å². The van der Waals surface area contributed by atoms with Crippen LogP contribution in [0.5, 0.6) is 0 Å². The van der Waals surface area contributed by atoms with Crippen molar-refractivity contribution in [1.29, 1.82) is 0 Å². The van der Waals surface area contributed by atoms with Crippen molar-refractivity contribution >= 4 is 23.4 Å². The molecule has 0 amide bonds. The summed E-state index contributed by atoms with van der Waals surface area (Å²) in [6, 6.07) is 7.98. The van der Waals surface area contributed by atoms with Crippen molar-refractivity contribution < 1.29 is 0 Å². The first kappa shape index (κ1) is 11.9. The Kier molecular flexibility index (Phi) is 6.08. The van der Waals surface area contributed by atoms with Crippen molar-refractivity contribution in [3.05, 3.63) is 29.3 Å². The molecule has 78 valence electrons. The highest BCUT2D eigenvalue weighted by Gasteiger charge is 1.98. The van der Waals surface area contributed by atoms with Crippen molar-refractivity contribution in [3.8, 4) is 0 Å². The van der Waals surface area contributed by atoms with Gasteiger partial charge in [0, 0.05) is 4.90 Å². The Balaban J connectivity index is 2.21. The standard InChI is InChI=1S/C11H16ClNS/c12-10-6-2-3-7-11(10)14-9-5-1-4-8-13/h2-3,6-7H,1,4-5,8-9,13H2. The maximum Gasteiger partial charge on any atom is 0.0541 e. The van der Waals surface area contributed by atoms with E-state index in [0.29, 0.717) is 0 Å². The number of rotatable bonds is 6. The van der Waals surface area contributed by atoms with Gasteiger partial charge in [0.1, 0.15) is 0 Å². The quantitative estimate of drug-likeness (QED) is 0.596. The topological polar surface area (TPSA) is 26.0 Å². The van der Waals surface area contributed by atoms with Crippen LogP contribution in [0.2, 0.25) is 5.02 Å². The van der Waals surface area contributed by atoms with Crippen LogP contribution in [0.15, 0.2) is 29.2 Å².